The van der Waals surface area contributed by atoms with E-state index in [1.807, 2.05) is 29.6 Å². The van der Waals surface area contributed by atoms with E-state index in [4.69, 9.17) is 4.42 Å². The zero-order chi connectivity index (χ0) is 25.7. The number of nitrogens with zero attached hydrogens (tertiary/aromatic N) is 5. The summed E-state index contributed by atoms with van der Waals surface area (Å²) in [6, 6.07) is 5.98. The second kappa shape index (κ2) is 11.2. The van der Waals surface area contributed by atoms with Crippen molar-refractivity contribution in [2.45, 2.75) is 49.2 Å². The van der Waals surface area contributed by atoms with Gasteiger partial charge in [-0.15, -0.1) is 11.3 Å². The number of thioether (sulfide) groups is 1. The number of anilines is 1. The fourth-order valence-electron chi connectivity index (χ4n) is 3.21. The summed E-state index contributed by atoms with van der Waals surface area (Å²) in [4.78, 5) is 31.7. The lowest BCUT2D eigenvalue weighted by Crippen LogP contribution is -2.27. The number of rotatable bonds is 11. The Morgan fingerprint density at radius 3 is 2.56 bits per heavy atom. The fourth-order valence-corrected chi connectivity index (χ4v) is 5.43. The highest BCUT2D eigenvalue weighted by molar-refractivity contribution is 8.03. The summed E-state index contributed by atoms with van der Waals surface area (Å²) in [6.07, 6.45) is 6.67. The summed E-state index contributed by atoms with van der Waals surface area (Å²) < 4.78 is 18.7. The molecule has 3 aromatic heterocycles. The molecule has 0 saturated heterocycles. The molecule has 0 atom stereocenters. The lowest BCUT2D eigenvalue weighted by molar-refractivity contribution is -0.138. The summed E-state index contributed by atoms with van der Waals surface area (Å²) in [7, 11) is 0. The predicted octanol–water partition coefficient (Wildman–Crippen LogP) is 5.49. The minimum Gasteiger partial charge on any atom is -0.480 e. The quantitative estimate of drug-likeness (QED) is 0.253. The highest BCUT2D eigenvalue weighted by Gasteiger charge is 2.29. The molecule has 0 spiro atoms. The molecular weight excluding hydrogens is 501 g/mol. The van der Waals surface area contributed by atoms with Gasteiger partial charge in [0.1, 0.15) is 16.8 Å². The first-order valence-corrected chi connectivity index (χ1v) is 13.1. The number of carbonyl (C=O) groups is 1. The molecular formula is C25H26FN5O3S2. The molecule has 1 aromatic carbocycles. The Balaban J connectivity index is 1.49. The minimum absolute atomic E-state index is 0.320. The maximum Gasteiger partial charge on any atom is 0.319 e. The van der Waals surface area contributed by atoms with Gasteiger partial charge >= 0.3 is 5.97 Å². The minimum atomic E-state index is -0.953. The normalized spacial score (nSPS) is 11.6. The molecule has 3 heterocycles. The molecule has 0 bridgehead atoms. The van der Waals surface area contributed by atoms with Gasteiger partial charge in [-0.2, -0.15) is 0 Å². The Bertz CT molecular complexity index is 1310. The van der Waals surface area contributed by atoms with Crippen LogP contribution in [0.25, 0.3) is 11.5 Å². The molecule has 4 aromatic rings. The Morgan fingerprint density at radius 1 is 1.17 bits per heavy atom. The van der Waals surface area contributed by atoms with Gasteiger partial charge in [-0.25, -0.2) is 24.3 Å². The standard InChI is InChI=1S/C25H26FN5O3S2/c1-4-16-11-27-23(28-12-16)31(10-9-19-15-35-24(30-19)36-25(2,3)22(32)33)13-20-14-34-21(29-20)17-5-7-18(26)8-6-17/h5-8,11-12,14-15H,4,9-10,13H2,1-3H3,(H,32,33). The first-order valence-electron chi connectivity index (χ1n) is 11.4. The number of halogens is 1. The van der Waals surface area contributed by atoms with E-state index in [-0.39, 0.29) is 5.82 Å². The van der Waals surface area contributed by atoms with Crippen molar-refractivity contribution >= 4 is 35.0 Å². The van der Waals surface area contributed by atoms with Crippen molar-refractivity contribution in [1.82, 2.24) is 19.9 Å². The van der Waals surface area contributed by atoms with Gasteiger partial charge in [-0.3, -0.25) is 4.79 Å². The van der Waals surface area contributed by atoms with Crippen LogP contribution in [0.1, 0.15) is 37.7 Å². The summed E-state index contributed by atoms with van der Waals surface area (Å²) in [5.74, 6) is -0.222. The van der Waals surface area contributed by atoms with Crippen LogP contribution in [0.15, 0.2) is 57.1 Å². The molecule has 1 N–H and O–H groups in total. The fraction of sp³-hybridized carbons (Fsp3) is 0.320. The van der Waals surface area contributed by atoms with E-state index in [0.717, 1.165) is 17.7 Å². The third kappa shape index (κ3) is 6.46. The average Bonchev–Trinajstić information content (AvgIpc) is 3.51. The van der Waals surface area contributed by atoms with Gasteiger partial charge in [0.15, 0.2) is 4.34 Å². The van der Waals surface area contributed by atoms with E-state index in [0.29, 0.717) is 46.9 Å². The molecule has 36 heavy (non-hydrogen) atoms. The molecule has 0 aliphatic rings. The van der Waals surface area contributed by atoms with E-state index in [2.05, 4.69) is 19.9 Å². The number of oxazole rings is 1. The van der Waals surface area contributed by atoms with Crippen molar-refractivity contribution in [3.8, 4) is 11.5 Å². The molecule has 11 heteroatoms. The monoisotopic (exact) mass is 527 g/mol. The van der Waals surface area contributed by atoms with Gasteiger partial charge in [0, 0.05) is 36.3 Å². The maximum atomic E-state index is 13.3. The Hall–Kier alpha value is -3.31. The van der Waals surface area contributed by atoms with Crippen LogP contribution < -0.4 is 4.90 Å². The van der Waals surface area contributed by atoms with Crippen LogP contribution in [0.3, 0.4) is 0 Å². The number of benzene rings is 1. The molecule has 8 nitrogen and oxygen atoms in total. The summed E-state index contributed by atoms with van der Waals surface area (Å²) in [5.41, 5.74) is 3.29. The summed E-state index contributed by atoms with van der Waals surface area (Å²) in [6.45, 7) is 6.36. The van der Waals surface area contributed by atoms with Crippen LogP contribution >= 0.6 is 23.1 Å². The van der Waals surface area contributed by atoms with E-state index in [1.54, 1.807) is 32.2 Å². The van der Waals surface area contributed by atoms with Crippen LogP contribution in [0.5, 0.6) is 0 Å². The Morgan fingerprint density at radius 2 is 1.89 bits per heavy atom. The largest absolute Gasteiger partial charge is 0.480 e. The number of carboxylic acids is 1. The van der Waals surface area contributed by atoms with Crippen molar-refractivity contribution < 1.29 is 18.7 Å². The van der Waals surface area contributed by atoms with Gasteiger partial charge in [0.05, 0.1) is 17.9 Å². The average molecular weight is 528 g/mol. The number of carboxylic acid groups (broad SMARTS) is 1. The third-order valence-electron chi connectivity index (χ3n) is 5.40. The molecule has 0 unspecified atom stereocenters. The van der Waals surface area contributed by atoms with Crippen molar-refractivity contribution in [2.75, 3.05) is 11.4 Å². The first kappa shape index (κ1) is 25.8. The van der Waals surface area contributed by atoms with E-state index >= 15 is 0 Å². The lowest BCUT2D eigenvalue weighted by Gasteiger charge is -2.21. The van der Waals surface area contributed by atoms with Crippen molar-refractivity contribution in [1.29, 1.82) is 0 Å². The lowest BCUT2D eigenvalue weighted by atomic mass is 10.2. The van der Waals surface area contributed by atoms with Gasteiger partial charge in [-0.05, 0) is 50.1 Å². The van der Waals surface area contributed by atoms with Crippen LogP contribution in [-0.4, -0.2) is 42.3 Å². The van der Waals surface area contributed by atoms with E-state index in [1.165, 1.54) is 35.2 Å². The summed E-state index contributed by atoms with van der Waals surface area (Å²) >= 11 is 2.67. The van der Waals surface area contributed by atoms with Crippen LogP contribution in [0.2, 0.25) is 0 Å². The van der Waals surface area contributed by atoms with Gasteiger partial charge in [0.25, 0.3) is 0 Å². The number of aryl methyl sites for hydroxylation is 1. The Kier molecular flexibility index (Phi) is 8.00. The smallest absolute Gasteiger partial charge is 0.319 e. The second-order valence-corrected chi connectivity index (χ2v) is 11.3. The van der Waals surface area contributed by atoms with Crippen molar-refractivity contribution in [3.05, 3.63) is 71.1 Å². The highest BCUT2D eigenvalue weighted by Crippen LogP contribution is 2.34. The van der Waals surface area contributed by atoms with E-state index in [9.17, 15) is 14.3 Å². The summed E-state index contributed by atoms with van der Waals surface area (Å²) in [5, 5.41) is 11.3. The second-order valence-electron chi connectivity index (χ2n) is 8.59. The van der Waals surface area contributed by atoms with Crippen LogP contribution in [0, 0.1) is 5.82 Å². The molecule has 0 amide bonds. The number of hydrogen-bond acceptors (Lipinski definition) is 9. The van der Waals surface area contributed by atoms with E-state index < -0.39 is 10.7 Å². The molecule has 0 aliphatic carbocycles. The van der Waals surface area contributed by atoms with Crippen LogP contribution in [0.4, 0.5) is 10.3 Å². The zero-order valence-electron chi connectivity index (χ0n) is 20.1. The number of aliphatic carboxylic acids is 1. The SMILES string of the molecule is CCc1cnc(N(CCc2csc(SC(C)(C)C(=O)O)n2)Cc2coc(-c3ccc(F)cc3)n2)nc1. The number of thiazole rings is 1. The topological polar surface area (TPSA) is 105 Å². The first-order chi connectivity index (χ1) is 17.2. The number of hydrogen-bond donors (Lipinski definition) is 1. The van der Waals surface area contributed by atoms with Gasteiger partial charge in [-0.1, -0.05) is 18.7 Å². The predicted molar refractivity (Wildman–Crippen MR) is 138 cm³/mol. The molecule has 0 aliphatic heterocycles. The Labute approximate surface area is 216 Å². The van der Waals surface area contributed by atoms with Gasteiger partial charge in [0.2, 0.25) is 11.8 Å². The van der Waals surface area contributed by atoms with Gasteiger partial charge < -0.3 is 14.4 Å². The van der Waals surface area contributed by atoms with Crippen molar-refractivity contribution in [2.24, 2.45) is 0 Å². The molecule has 4 rings (SSSR count). The highest BCUT2D eigenvalue weighted by atomic mass is 32.2. The maximum absolute atomic E-state index is 13.3. The zero-order valence-corrected chi connectivity index (χ0v) is 21.8. The molecule has 188 valence electrons. The van der Waals surface area contributed by atoms with Crippen molar-refractivity contribution in [3.63, 3.8) is 0 Å². The molecule has 0 radical (unpaired) electrons. The third-order valence-corrected chi connectivity index (χ3v) is 7.58. The molecule has 0 fully saturated rings. The van der Waals surface area contributed by atoms with Crippen LogP contribution in [-0.2, 0) is 24.2 Å². The number of aromatic nitrogens is 4. The molecule has 0 saturated carbocycles.